The molecule has 1 aromatic heterocycles. The minimum Gasteiger partial charge on any atom is -0.395 e. The number of nitrogens with two attached hydrogens (primary N) is 1. The Bertz CT molecular complexity index is 484. The molecule has 2 rings (SSSR count). The minimum absolute atomic E-state index is 0.146. The van der Waals surface area contributed by atoms with Gasteiger partial charge in [-0.3, -0.25) is 9.48 Å². The normalized spacial score (nSPS) is 22.8. The summed E-state index contributed by atoms with van der Waals surface area (Å²) >= 11 is 0. The Morgan fingerprint density at radius 3 is 2.80 bits per heavy atom. The van der Waals surface area contributed by atoms with Crippen molar-refractivity contribution in [3.05, 3.63) is 11.4 Å². The van der Waals surface area contributed by atoms with Crippen LogP contribution in [0, 0.1) is 5.92 Å². The minimum atomic E-state index is -0.306. The van der Waals surface area contributed by atoms with Gasteiger partial charge >= 0.3 is 0 Å². The molecular weight excluding hydrogens is 256 g/mol. The van der Waals surface area contributed by atoms with E-state index < -0.39 is 0 Å². The number of aromatic nitrogens is 2. The molecular formula is C14H24N4O2. The number of aliphatic hydroxyl groups is 1. The number of anilines is 1. The first-order valence-corrected chi connectivity index (χ1v) is 7.32. The number of aryl methyl sites for hydroxylation is 2. The predicted octanol–water partition coefficient (Wildman–Crippen LogP) is 0.846. The lowest BCUT2D eigenvalue weighted by molar-refractivity contribution is 0.0661. The van der Waals surface area contributed by atoms with Crippen molar-refractivity contribution in [2.24, 2.45) is 13.0 Å². The molecule has 2 unspecified atom stereocenters. The first kappa shape index (κ1) is 14.8. The lowest BCUT2D eigenvalue weighted by Crippen LogP contribution is -2.37. The van der Waals surface area contributed by atoms with Gasteiger partial charge in [0.1, 0.15) is 5.69 Å². The lowest BCUT2D eigenvalue weighted by atomic mass is 9.86. The van der Waals surface area contributed by atoms with E-state index in [9.17, 15) is 9.90 Å². The summed E-state index contributed by atoms with van der Waals surface area (Å²) in [6.45, 7) is 2.45. The maximum atomic E-state index is 12.2. The smallest absolute Gasteiger partial charge is 0.271 e. The molecule has 0 bridgehead atoms. The summed E-state index contributed by atoms with van der Waals surface area (Å²) in [6.07, 6.45) is 4.37. The van der Waals surface area contributed by atoms with Crippen LogP contribution in [0.3, 0.4) is 0 Å². The van der Waals surface area contributed by atoms with E-state index in [2.05, 4.69) is 10.4 Å². The van der Waals surface area contributed by atoms with Gasteiger partial charge in [-0.1, -0.05) is 19.8 Å². The third kappa shape index (κ3) is 2.95. The fourth-order valence-corrected chi connectivity index (χ4v) is 2.86. The highest BCUT2D eigenvalue weighted by Gasteiger charge is 2.25. The van der Waals surface area contributed by atoms with E-state index in [1.165, 1.54) is 4.68 Å². The van der Waals surface area contributed by atoms with E-state index in [1.807, 2.05) is 6.92 Å². The SMILES string of the molecule is CCc1nn(C)c(C(=O)NCC2CCCCC2O)c1N. The van der Waals surface area contributed by atoms with Crippen molar-refractivity contribution in [2.75, 3.05) is 12.3 Å². The van der Waals surface area contributed by atoms with Gasteiger partial charge in [-0.15, -0.1) is 0 Å². The predicted molar refractivity (Wildman–Crippen MR) is 77.3 cm³/mol. The average molecular weight is 280 g/mol. The molecule has 0 spiro atoms. The van der Waals surface area contributed by atoms with Crippen LogP contribution >= 0.6 is 0 Å². The van der Waals surface area contributed by atoms with Gasteiger partial charge in [-0.2, -0.15) is 5.10 Å². The summed E-state index contributed by atoms with van der Waals surface area (Å²) in [5.74, 6) is -0.0669. The van der Waals surface area contributed by atoms with Crippen molar-refractivity contribution >= 4 is 11.6 Å². The standard InChI is InChI=1S/C14H24N4O2/c1-3-10-12(15)13(18(2)17-10)14(20)16-8-9-6-4-5-7-11(9)19/h9,11,19H,3-8,15H2,1-2H3,(H,16,20). The van der Waals surface area contributed by atoms with Gasteiger partial charge in [-0.25, -0.2) is 0 Å². The van der Waals surface area contributed by atoms with Crippen LogP contribution in [0.1, 0.15) is 48.8 Å². The molecule has 112 valence electrons. The Hall–Kier alpha value is -1.56. The summed E-state index contributed by atoms with van der Waals surface area (Å²) in [6, 6.07) is 0. The monoisotopic (exact) mass is 280 g/mol. The number of hydrogen-bond acceptors (Lipinski definition) is 4. The van der Waals surface area contributed by atoms with Crippen molar-refractivity contribution < 1.29 is 9.90 Å². The van der Waals surface area contributed by atoms with Crippen LogP contribution in [0.4, 0.5) is 5.69 Å². The van der Waals surface area contributed by atoms with Crippen LogP contribution in [-0.2, 0) is 13.5 Å². The number of carbonyl (C=O) groups excluding carboxylic acids is 1. The van der Waals surface area contributed by atoms with E-state index >= 15 is 0 Å². The van der Waals surface area contributed by atoms with Gasteiger partial charge in [0.2, 0.25) is 0 Å². The van der Waals surface area contributed by atoms with Gasteiger partial charge in [0.25, 0.3) is 5.91 Å². The number of carbonyl (C=O) groups is 1. The average Bonchev–Trinajstić information content (AvgIpc) is 2.72. The second-order valence-electron chi connectivity index (χ2n) is 5.51. The van der Waals surface area contributed by atoms with Crippen LogP contribution in [0.2, 0.25) is 0 Å². The molecule has 1 aliphatic rings. The molecule has 0 radical (unpaired) electrons. The van der Waals surface area contributed by atoms with Crippen LogP contribution < -0.4 is 11.1 Å². The maximum absolute atomic E-state index is 12.2. The van der Waals surface area contributed by atoms with Gasteiger partial charge < -0.3 is 16.2 Å². The van der Waals surface area contributed by atoms with Gasteiger partial charge in [0.05, 0.1) is 17.5 Å². The summed E-state index contributed by atoms with van der Waals surface area (Å²) in [4.78, 5) is 12.2. The molecule has 6 nitrogen and oxygen atoms in total. The molecule has 20 heavy (non-hydrogen) atoms. The zero-order valence-corrected chi connectivity index (χ0v) is 12.2. The number of nitrogens with zero attached hydrogens (tertiary/aromatic N) is 2. The summed E-state index contributed by atoms with van der Waals surface area (Å²) in [5, 5.41) is 17.0. The number of nitrogen functional groups attached to an aromatic ring is 1. The van der Waals surface area contributed by atoms with Gasteiger partial charge in [0, 0.05) is 19.5 Å². The molecule has 0 saturated heterocycles. The second-order valence-corrected chi connectivity index (χ2v) is 5.51. The Morgan fingerprint density at radius 1 is 1.50 bits per heavy atom. The van der Waals surface area contributed by atoms with Crippen molar-refractivity contribution in [2.45, 2.75) is 45.1 Å². The van der Waals surface area contributed by atoms with E-state index in [1.54, 1.807) is 7.05 Å². The number of hydrogen-bond donors (Lipinski definition) is 3. The molecule has 1 fully saturated rings. The van der Waals surface area contributed by atoms with Crippen LogP contribution in [0.15, 0.2) is 0 Å². The highest BCUT2D eigenvalue weighted by atomic mass is 16.3. The Labute approximate surface area is 119 Å². The molecule has 1 amide bonds. The van der Waals surface area contributed by atoms with Crippen molar-refractivity contribution in [3.63, 3.8) is 0 Å². The second kappa shape index (κ2) is 6.26. The first-order chi connectivity index (χ1) is 9.54. The molecule has 0 aliphatic heterocycles. The highest BCUT2D eigenvalue weighted by molar-refractivity contribution is 5.97. The fourth-order valence-electron chi connectivity index (χ4n) is 2.86. The summed E-state index contributed by atoms with van der Waals surface area (Å²) in [5.41, 5.74) is 7.57. The van der Waals surface area contributed by atoms with E-state index in [4.69, 9.17) is 5.73 Å². The van der Waals surface area contributed by atoms with E-state index in [0.29, 0.717) is 24.3 Å². The van der Waals surface area contributed by atoms with Gasteiger partial charge in [0.15, 0.2) is 0 Å². The topological polar surface area (TPSA) is 93.2 Å². The zero-order valence-electron chi connectivity index (χ0n) is 12.2. The third-order valence-electron chi connectivity index (χ3n) is 4.10. The number of nitrogens with one attached hydrogen (secondary N) is 1. The van der Waals surface area contributed by atoms with Crippen LogP contribution in [-0.4, -0.2) is 33.4 Å². The van der Waals surface area contributed by atoms with Crippen LogP contribution in [0.5, 0.6) is 0 Å². The molecule has 6 heteroatoms. The third-order valence-corrected chi connectivity index (χ3v) is 4.10. The van der Waals surface area contributed by atoms with E-state index in [0.717, 1.165) is 31.4 Å². The van der Waals surface area contributed by atoms with E-state index in [-0.39, 0.29) is 17.9 Å². The Morgan fingerprint density at radius 2 is 2.20 bits per heavy atom. The molecule has 0 aromatic carbocycles. The summed E-state index contributed by atoms with van der Waals surface area (Å²) in [7, 11) is 1.72. The number of rotatable bonds is 4. The molecule has 2 atom stereocenters. The first-order valence-electron chi connectivity index (χ1n) is 7.32. The van der Waals surface area contributed by atoms with Crippen molar-refractivity contribution in [1.82, 2.24) is 15.1 Å². The van der Waals surface area contributed by atoms with Crippen LogP contribution in [0.25, 0.3) is 0 Å². The lowest BCUT2D eigenvalue weighted by Gasteiger charge is -2.27. The Balaban J connectivity index is 2.00. The fraction of sp³-hybridized carbons (Fsp3) is 0.714. The number of aliphatic hydroxyl groups excluding tert-OH is 1. The molecule has 1 aromatic rings. The quantitative estimate of drug-likeness (QED) is 0.762. The summed E-state index contributed by atoms with van der Waals surface area (Å²) < 4.78 is 1.53. The van der Waals surface area contributed by atoms with Crippen molar-refractivity contribution in [1.29, 1.82) is 0 Å². The largest absolute Gasteiger partial charge is 0.395 e. The van der Waals surface area contributed by atoms with Crippen molar-refractivity contribution in [3.8, 4) is 0 Å². The maximum Gasteiger partial charge on any atom is 0.271 e. The molecule has 1 heterocycles. The molecule has 4 N–H and O–H groups in total. The molecule has 1 aliphatic carbocycles. The Kier molecular flexibility index (Phi) is 4.65. The van der Waals surface area contributed by atoms with Gasteiger partial charge in [-0.05, 0) is 19.3 Å². The zero-order chi connectivity index (χ0) is 14.7. The molecule has 1 saturated carbocycles. The highest BCUT2D eigenvalue weighted by Crippen LogP contribution is 2.24. The number of amides is 1.